The van der Waals surface area contributed by atoms with Crippen LogP contribution in [-0.4, -0.2) is 20.2 Å². The number of aromatic nitrogens is 4. The third-order valence-electron chi connectivity index (χ3n) is 1.89. The van der Waals surface area contributed by atoms with Crippen LogP contribution in [0, 0.1) is 5.41 Å². The molecule has 0 aliphatic heterocycles. The lowest BCUT2D eigenvalue weighted by Crippen LogP contribution is -2.11. The highest BCUT2D eigenvalue weighted by Crippen LogP contribution is 2.17. The summed E-state index contributed by atoms with van der Waals surface area (Å²) in [6, 6.07) is 0. The maximum absolute atomic E-state index is 4.33. The number of rotatable bonds is 4. The Morgan fingerprint density at radius 1 is 1.29 bits per heavy atom. The highest BCUT2D eigenvalue weighted by molar-refractivity contribution is 4.83. The molecule has 0 fully saturated rings. The van der Waals surface area contributed by atoms with Gasteiger partial charge in [0.2, 0.25) is 0 Å². The predicted molar refractivity (Wildman–Crippen MR) is 55.9 cm³/mol. The van der Waals surface area contributed by atoms with Crippen molar-refractivity contribution in [2.24, 2.45) is 5.41 Å². The number of unbranched alkanes of at least 4 members (excludes halogenated alkanes) is 1. The van der Waals surface area contributed by atoms with Gasteiger partial charge in [0.1, 0.15) is 0 Å². The average Bonchev–Trinajstić information content (AvgIpc) is 2.46. The normalized spacial score (nSPS) is 12.0. The minimum atomic E-state index is 0.235. The third-order valence-corrected chi connectivity index (χ3v) is 1.89. The van der Waals surface area contributed by atoms with Crippen LogP contribution < -0.4 is 0 Å². The summed E-state index contributed by atoms with van der Waals surface area (Å²) >= 11 is 0. The van der Waals surface area contributed by atoms with E-state index in [4.69, 9.17) is 0 Å². The molecule has 14 heavy (non-hydrogen) atoms. The summed E-state index contributed by atoms with van der Waals surface area (Å²) in [6.07, 6.45) is 3.17. The molecule has 4 nitrogen and oxygen atoms in total. The summed E-state index contributed by atoms with van der Waals surface area (Å²) in [6.45, 7) is 9.58. The second kappa shape index (κ2) is 4.53. The van der Waals surface area contributed by atoms with Crippen molar-refractivity contribution in [1.82, 2.24) is 20.2 Å². The van der Waals surface area contributed by atoms with Crippen molar-refractivity contribution in [1.29, 1.82) is 0 Å². The molecule has 0 N–H and O–H groups in total. The van der Waals surface area contributed by atoms with Gasteiger partial charge < -0.3 is 0 Å². The molecule has 1 aromatic rings. The van der Waals surface area contributed by atoms with E-state index in [0.29, 0.717) is 0 Å². The van der Waals surface area contributed by atoms with E-state index in [-0.39, 0.29) is 5.41 Å². The number of hydrogen-bond donors (Lipinski definition) is 0. The molecule has 0 atom stereocenters. The van der Waals surface area contributed by atoms with Crippen molar-refractivity contribution in [3.8, 4) is 0 Å². The van der Waals surface area contributed by atoms with E-state index in [2.05, 4.69) is 43.1 Å². The lowest BCUT2D eigenvalue weighted by molar-refractivity contribution is 0.398. The topological polar surface area (TPSA) is 43.6 Å². The Bertz CT molecular complexity index is 272. The first-order valence-corrected chi connectivity index (χ1v) is 5.28. The minimum absolute atomic E-state index is 0.235. The van der Waals surface area contributed by atoms with Gasteiger partial charge in [0.05, 0.1) is 6.54 Å². The SMILES string of the molecule is CCCCn1nnc(CC(C)(C)C)n1. The summed E-state index contributed by atoms with van der Waals surface area (Å²) in [7, 11) is 0. The van der Waals surface area contributed by atoms with Crippen molar-refractivity contribution in [2.45, 2.75) is 53.5 Å². The van der Waals surface area contributed by atoms with Crippen molar-refractivity contribution < 1.29 is 0 Å². The highest BCUT2D eigenvalue weighted by Gasteiger charge is 2.14. The van der Waals surface area contributed by atoms with Crippen LogP contribution in [-0.2, 0) is 13.0 Å². The monoisotopic (exact) mass is 196 g/mol. The molecule has 0 aliphatic carbocycles. The van der Waals surface area contributed by atoms with E-state index in [1.54, 1.807) is 4.80 Å². The van der Waals surface area contributed by atoms with Gasteiger partial charge in [-0.2, -0.15) is 4.80 Å². The second-order valence-electron chi connectivity index (χ2n) is 4.89. The summed E-state index contributed by atoms with van der Waals surface area (Å²) in [5.74, 6) is 0.855. The van der Waals surface area contributed by atoms with Crippen molar-refractivity contribution >= 4 is 0 Å². The molecule has 0 spiro atoms. The van der Waals surface area contributed by atoms with Crippen molar-refractivity contribution in [3.05, 3.63) is 5.82 Å². The fourth-order valence-corrected chi connectivity index (χ4v) is 1.22. The summed E-state index contributed by atoms with van der Waals surface area (Å²) in [5, 5.41) is 12.4. The molecule has 1 heterocycles. The third kappa shape index (κ3) is 3.85. The van der Waals surface area contributed by atoms with E-state index in [1.165, 1.54) is 0 Å². The average molecular weight is 196 g/mol. The first-order valence-electron chi connectivity index (χ1n) is 5.28. The molecular formula is C10H20N4. The first-order chi connectivity index (χ1) is 6.51. The molecule has 0 saturated heterocycles. The molecule has 0 saturated carbocycles. The Hall–Kier alpha value is -0.930. The molecule has 0 amide bonds. The quantitative estimate of drug-likeness (QED) is 0.740. The highest BCUT2D eigenvalue weighted by atomic mass is 15.6. The maximum atomic E-state index is 4.33. The van der Waals surface area contributed by atoms with E-state index in [0.717, 1.165) is 31.6 Å². The van der Waals surface area contributed by atoms with E-state index >= 15 is 0 Å². The van der Waals surface area contributed by atoms with Crippen LogP contribution in [0.2, 0.25) is 0 Å². The van der Waals surface area contributed by atoms with E-state index in [1.807, 2.05) is 0 Å². The molecule has 0 radical (unpaired) electrons. The van der Waals surface area contributed by atoms with Crippen LogP contribution in [0.5, 0.6) is 0 Å². The Labute approximate surface area is 85.7 Å². The maximum Gasteiger partial charge on any atom is 0.175 e. The van der Waals surface area contributed by atoms with Gasteiger partial charge in [-0.15, -0.1) is 10.2 Å². The largest absolute Gasteiger partial charge is 0.175 e. The smallest absolute Gasteiger partial charge is 0.164 e. The van der Waals surface area contributed by atoms with Crippen LogP contribution in [0.25, 0.3) is 0 Å². The van der Waals surface area contributed by atoms with Crippen LogP contribution in [0.4, 0.5) is 0 Å². The molecule has 0 bridgehead atoms. The Balaban J connectivity index is 2.51. The summed E-state index contributed by atoms with van der Waals surface area (Å²) in [4.78, 5) is 1.70. The van der Waals surface area contributed by atoms with Crippen LogP contribution in [0.15, 0.2) is 0 Å². The van der Waals surface area contributed by atoms with E-state index < -0.39 is 0 Å². The van der Waals surface area contributed by atoms with E-state index in [9.17, 15) is 0 Å². The zero-order chi connectivity index (χ0) is 10.6. The molecule has 1 rings (SSSR count). The molecule has 0 unspecified atom stereocenters. The number of hydrogen-bond acceptors (Lipinski definition) is 3. The van der Waals surface area contributed by atoms with Crippen LogP contribution in [0.1, 0.15) is 46.4 Å². The van der Waals surface area contributed by atoms with Crippen LogP contribution >= 0.6 is 0 Å². The number of nitrogens with zero attached hydrogens (tertiary/aromatic N) is 4. The lowest BCUT2D eigenvalue weighted by Gasteiger charge is -2.14. The minimum Gasteiger partial charge on any atom is -0.164 e. The Morgan fingerprint density at radius 3 is 2.57 bits per heavy atom. The van der Waals surface area contributed by atoms with Gasteiger partial charge in [0.15, 0.2) is 5.82 Å². The van der Waals surface area contributed by atoms with Gasteiger partial charge in [-0.25, -0.2) is 0 Å². The first kappa shape index (κ1) is 11.1. The Kier molecular flexibility index (Phi) is 3.61. The number of aryl methyl sites for hydroxylation is 1. The van der Waals surface area contributed by atoms with Gasteiger partial charge in [-0.3, -0.25) is 0 Å². The predicted octanol–water partition coefficient (Wildman–Crippen LogP) is 2.06. The van der Waals surface area contributed by atoms with Gasteiger partial charge in [-0.1, -0.05) is 34.1 Å². The lowest BCUT2D eigenvalue weighted by atomic mass is 9.92. The zero-order valence-corrected chi connectivity index (χ0v) is 9.62. The summed E-state index contributed by atoms with van der Waals surface area (Å²) < 4.78 is 0. The molecule has 1 aromatic heterocycles. The van der Waals surface area contributed by atoms with Gasteiger partial charge in [0, 0.05) is 6.42 Å². The van der Waals surface area contributed by atoms with Gasteiger partial charge >= 0.3 is 0 Å². The van der Waals surface area contributed by atoms with Crippen molar-refractivity contribution in [2.75, 3.05) is 0 Å². The molecule has 4 heteroatoms. The molecule has 0 aromatic carbocycles. The fraction of sp³-hybridized carbons (Fsp3) is 0.900. The summed E-state index contributed by atoms with van der Waals surface area (Å²) in [5.41, 5.74) is 0.235. The Morgan fingerprint density at radius 2 is 2.00 bits per heavy atom. The fourth-order valence-electron chi connectivity index (χ4n) is 1.22. The standard InChI is InChI=1S/C10H20N4/c1-5-6-7-14-12-9(11-13-14)8-10(2,3)4/h5-8H2,1-4H3. The van der Waals surface area contributed by atoms with Crippen molar-refractivity contribution in [3.63, 3.8) is 0 Å². The molecule has 80 valence electrons. The zero-order valence-electron chi connectivity index (χ0n) is 9.62. The molecular weight excluding hydrogens is 176 g/mol. The van der Waals surface area contributed by atoms with Crippen LogP contribution in [0.3, 0.4) is 0 Å². The second-order valence-corrected chi connectivity index (χ2v) is 4.89. The van der Waals surface area contributed by atoms with Gasteiger partial charge in [0.25, 0.3) is 0 Å². The molecule has 0 aliphatic rings. The number of tetrazole rings is 1. The van der Waals surface area contributed by atoms with Gasteiger partial charge in [-0.05, 0) is 17.0 Å².